The molecule has 1 fully saturated rings. The number of amides is 1. The summed E-state index contributed by atoms with van der Waals surface area (Å²) < 4.78 is 0. The summed E-state index contributed by atoms with van der Waals surface area (Å²) in [6, 6.07) is -0.144. The number of aliphatic hydroxyl groups excluding tert-OH is 1. The maximum Gasteiger partial charge on any atom is 0.319 e. The summed E-state index contributed by atoms with van der Waals surface area (Å²) in [4.78, 5) is 22.1. The minimum Gasteiger partial charge on any atom is -0.396 e. The third-order valence-corrected chi connectivity index (χ3v) is 3.50. The van der Waals surface area contributed by atoms with Crippen LogP contribution in [0, 0.1) is 16.0 Å². The van der Waals surface area contributed by atoms with E-state index >= 15 is 0 Å². The molecular formula is C11H16N4O4. The van der Waals surface area contributed by atoms with Crippen molar-refractivity contribution < 1.29 is 14.8 Å². The number of aromatic amines is 1. The number of hydrogen-bond acceptors (Lipinski definition) is 5. The van der Waals surface area contributed by atoms with Crippen molar-refractivity contribution in [3.8, 4) is 0 Å². The van der Waals surface area contributed by atoms with Gasteiger partial charge in [-0.2, -0.15) is 5.10 Å². The van der Waals surface area contributed by atoms with Crippen LogP contribution in [0.3, 0.4) is 0 Å². The number of carbonyl (C=O) groups excluding carboxylic acids is 1. The van der Waals surface area contributed by atoms with Gasteiger partial charge in [-0.15, -0.1) is 0 Å². The van der Waals surface area contributed by atoms with E-state index in [0.29, 0.717) is 0 Å². The van der Waals surface area contributed by atoms with E-state index in [9.17, 15) is 20.0 Å². The molecule has 0 unspecified atom stereocenters. The van der Waals surface area contributed by atoms with E-state index in [2.05, 4.69) is 15.5 Å². The molecule has 0 spiro atoms. The molecule has 0 bridgehead atoms. The van der Waals surface area contributed by atoms with Gasteiger partial charge in [0.1, 0.15) is 6.20 Å². The van der Waals surface area contributed by atoms with Crippen LogP contribution in [0.5, 0.6) is 0 Å². The SMILES string of the molecule is O=C(N[C@@H]1CCCC[C@@H]1CO)c1[nH]ncc1[N+](=O)[O-]. The number of H-pyrrole nitrogens is 1. The fourth-order valence-corrected chi connectivity index (χ4v) is 2.44. The van der Waals surface area contributed by atoms with Crippen LogP contribution in [0.2, 0.25) is 0 Å². The maximum atomic E-state index is 12.0. The molecule has 1 heterocycles. The zero-order chi connectivity index (χ0) is 13.8. The summed E-state index contributed by atoms with van der Waals surface area (Å²) in [6.45, 7) is 0.00994. The number of nitro groups is 1. The van der Waals surface area contributed by atoms with Gasteiger partial charge in [-0.3, -0.25) is 20.0 Å². The first-order valence-corrected chi connectivity index (χ1v) is 6.23. The molecule has 1 amide bonds. The molecule has 104 valence electrons. The van der Waals surface area contributed by atoms with Crippen LogP contribution in [-0.2, 0) is 0 Å². The maximum absolute atomic E-state index is 12.0. The van der Waals surface area contributed by atoms with Crippen LogP contribution in [0.1, 0.15) is 36.2 Å². The Morgan fingerprint density at radius 1 is 1.58 bits per heavy atom. The normalized spacial score (nSPS) is 23.0. The summed E-state index contributed by atoms with van der Waals surface area (Å²) in [5.41, 5.74) is -0.485. The number of aliphatic hydroxyl groups is 1. The van der Waals surface area contributed by atoms with Gasteiger partial charge >= 0.3 is 5.69 Å². The van der Waals surface area contributed by atoms with Crippen molar-refractivity contribution in [3.63, 3.8) is 0 Å². The predicted molar refractivity (Wildman–Crippen MR) is 65.5 cm³/mol. The van der Waals surface area contributed by atoms with E-state index in [0.717, 1.165) is 31.9 Å². The Kier molecular flexibility index (Phi) is 4.10. The fourth-order valence-electron chi connectivity index (χ4n) is 2.44. The Hall–Kier alpha value is -1.96. The van der Waals surface area contributed by atoms with Crippen LogP contribution >= 0.6 is 0 Å². The molecule has 1 aliphatic rings. The first-order chi connectivity index (χ1) is 9.13. The second-order valence-electron chi connectivity index (χ2n) is 4.69. The molecule has 1 aliphatic carbocycles. The van der Waals surface area contributed by atoms with Crippen molar-refractivity contribution in [2.75, 3.05) is 6.61 Å². The molecule has 1 saturated carbocycles. The highest BCUT2D eigenvalue weighted by molar-refractivity contribution is 5.96. The largest absolute Gasteiger partial charge is 0.396 e. The molecule has 0 aromatic carbocycles. The summed E-state index contributed by atoms with van der Waals surface area (Å²) in [7, 11) is 0. The zero-order valence-corrected chi connectivity index (χ0v) is 10.3. The Morgan fingerprint density at radius 2 is 2.32 bits per heavy atom. The fraction of sp³-hybridized carbons (Fsp3) is 0.636. The zero-order valence-electron chi connectivity index (χ0n) is 10.3. The highest BCUT2D eigenvalue weighted by Gasteiger charge is 2.29. The van der Waals surface area contributed by atoms with Crippen molar-refractivity contribution in [3.05, 3.63) is 22.0 Å². The van der Waals surface area contributed by atoms with E-state index in [1.165, 1.54) is 0 Å². The summed E-state index contributed by atoms with van der Waals surface area (Å²) in [5, 5.41) is 28.6. The average molecular weight is 268 g/mol. The van der Waals surface area contributed by atoms with Gasteiger partial charge in [0.25, 0.3) is 5.91 Å². The minimum atomic E-state index is -0.650. The molecule has 2 rings (SSSR count). The summed E-state index contributed by atoms with van der Waals surface area (Å²) in [5.74, 6) is -0.533. The topological polar surface area (TPSA) is 121 Å². The summed E-state index contributed by atoms with van der Waals surface area (Å²) in [6.07, 6.45) is 4.65. The van der Waals surface area contributed by atoms with E-state index in [1.807, 2.05) is 0 Å². The molecule has 2 atom stereocenters. The van der Waals surface area contributed by atoms with Crippen LogP contribution in [0.15, 0.2) is 6.20 Å². The molecule has 0 radical (unpaired) electrons. The molecule has 3 N–H and O–H groups in total. The highest BCUT2D eigenvalue weighted by Crippen LogP contribution is 2.24. The first-order valence-electron chi connectivity index (χ1n) is 6.23. The van der Waals surface area contributed by atoms with Gasteiger partial charge < -0.3 is 10.4 Å². The molecule has 1 aromatic heterocycles. The number of rotatable bonds is 4. The van der Waals surface area contributed by atoms with Gasteiger partial charge in [0.2, 0.25) is 5.69 Å². The molecule has 1 aromatic rings. The van der Waals surface area contributed by atoms with Gasteiger partial charge in [0.05, 0.1) is 4.92 Å². The molecule has 19 heavy (non-hydrogen) atoms. The van der Waals surface area contributed by atoms with Gasteiger partial charge in [-0.25, -0.2) is 0 Å². The van der Waals surface area contributed by atoms with E-state index in [-0.39, 0.29) is 29.9 Å². The van der Waals surface area contributed by atoms with Crippen molar-refractivity contribution in [2.45, 2.75) is 31.7 Å². The lowest BCUT2D eigenvalue weighted by Gasteiger charge is -2.30. The molecule has 0 aliphatic heterocycles. The van der Waals surface area contributed by atoms with Crippen molar-refractivity contribution in [2.24, 2.45) is 5.92 Å². The van der Waals surface area contributed by atoms with Crippen molar-refractivity contribution in [1.29, 1.82) is 0 Å². The van der Waals surface area contributed by atoms with Gasteiger partial charge in [-0.05, 0) is 12.8 Å². The second-order valence-corrected chi connectivity index (χ2v) is 4.69. The van der Waals surface area contributed by atoms with Crippen LogP contribution in [0.25, 0.3) is 0 Å². The highest BCUT2D eigenvalue weighted by atomic mass is 16.6. The quantitative estimate of drug-likeness (QED) is 0.545. The minimum absolute atomic E-state index is 0.00994. The predicted octanol–water partition coefficient (Wildman–Crippen LogP) is 0.599. The lowest BCUT2D eigenvalue weighted by molar-refractivity contribution is -0.385. The third-order valence-electron chi connectivity index (χ3n) is 3.50. The monoisotopic (exact) mass is 268 g/mol. The molecular weight excluding hydrogens is 252 g/mol. The lowest BCUT2D eigenvalue weighted by Crippen LogP contribution is -2.43. The van der Waals surface area contributed by atoms with Gasteiger partial charge in [0, 0.05) is 18.6 Å². The Morgan fingerprint density at radius 3 is 3.00 bits per heavy atom. The van der Waals surface area contributed by atoms with Crippen molar-refractivity contribution in [1.82, 2.24) is 15.5 Å². The third kappa shape index (κ3) is 2.90. The van der Waals surface area contributed by atoms with Crippen LogP contribution in [0.4, 0.5) is 5.69 Å². The second kappa shape index (κ2) is 5.79. The van der Waals surface area contributed by atoms with Gasteiger partial charge in [-0.1, -0.05) is 12.8 Å². The Balaban J connectivity index is 2.07. The van der Waals surface area contributed by atoms with Gasteiger partial charge in [0.15, 0.2) is 0 Å². The smallest absolute Gasteiger partial charge is 0.319 e. The molecule has 8 nitrogen and oxygen atoms in total. The number of hydrogen-bond donors (Lipinski definition) is 3. The van der Waals surface area contributed by atoms with E-state index in [4.69, 9.17) is 0 Å². The van der Waals surface area contributed by atoms with E-state index < -0.39 is 10.8 Å². The van der Waals surface area contributed by atoms with Crippen LogP contribution < -0.4 is 5.32 Å². The number of nitrogens with one attached hydrogen (secondary N) is 2. The molecule has 0 saturated heterocycles. The van der Waals surface area contributed by atoms with Crippen LogP contribution in [-0.4, -0.2) is 38.8 Å². The van der Waals surface area contributed by atoms with Crippen molar-refractivity contribution >= 4 is 11.6 Å². The molecule has 8 heteroatoms. The average Bonchev–Trinajstić information content (AvgIpc) is 2.88. The lowest BCUT2D eigenvalue weighted by atomic mass is 9.85. The number of nitrogens with zero attached hydrogens (tertiary/aromatic N) is 2. The van der Waals surface area contributed by atoms with E-state index in [1.54, 1.807) is 0 Å². The summed E-state index contributed by atoms with van der Waals surface area (Å²) >= 11 is 0. The number of carbonyl (C=O) groups is 1. The Labute approximate surface area is 109 Å². The first kappa shape index (κ1) is 13.5. The standard InChI is InChI=1S/C11H16N4O4/c16-6-7-3-1-2-4-8(7)13-11(17)10-9(15(18)19)5-12-14-10/h5,7-8,16H,1-4,6H2,(H,12,14)(H,13,17)/t7-,8-/m1/s1. The number of aromatic nitrogens is 2. The Bertz CT molecular complexity index is 473.